The van der Waals surface area contributed by atoms with Gasteiger partial charge in [0.25, 0.3) is 0 Å². The van der Waals surface area contributed by atoms with Gasteiger partial charge in [0.15, 0.2) is 5.65 Å². The lowest BCUT2D eigenvalue weighted by Gasteiger charge is -2.09. The summed E-state index contributed by atoms with van der Waals surface area (Å²) in [5, 5.41) is 5.61. The van der Waals surface area contributed by atoms with Gasteiger partial charge in [-0.2, -0.15) is 10.1 Å². The molecule has 5 rings (SSSR count). The first kappa shape index (κ1) is 20.9. The van der Waals surface area contributed by atoms with Crippen LogP contribution in [0.25, 0.3) is 33.6 Å². The molecule has 5 aromatic rings. The molecule has 0 amide bonds. The fraction of sp³-hybridized carbons (Fsp3) is 0.222. The Morgan fingerprint density at radius 1 is 0.909 bits per heavy atom. The number of pyridine rings is 1. The second-order valence-corrected chi connectivity index (χ2v) is 8.41. The maximum absolute atomic E-state index is 6.14. The quantitative estimate of drug-likeness (QED) is 0.332. The van der Waals surface area contributed by atoms with E-state index in [1.165, 1.54) is 5.56 Å². The van der Waals surface area contributed by atoms with Crippen LogP contribution >= 0.6 is 0 Å². The summed E-state index contributed by atoms with van der Waals surface area (Å²) in [6, 6.07) is 18.5. The smallest absolute Gasteiger partial charge is 0.226 e. The van der Waals surface area contributed by atoms with Crippen LogP contribution in [0.4, 0.5) is 0 Å². The molecule has 166 valence electrons. The number of rotatable bonds is 5. The molecule has 6 heteroatoms. The third-order valence-corrected chi connectivity index (χ3v) is 5.90. The van der Waals surface area contributed by atoms with Crippen molar-refractivity contribution in [1.82, 2.24) is 19.7 Å². The van der Waals surface area contributed by atoms with Crippen molar-refractivity contribution in [1.29, 1.82) is 0 Å². The maximum Gasteiger partial charge on any atom is 0.226 e. The molecular formula is C27H26N4O2. The van der Waals surface area contributed by atoms with E-state index in [0.717, 1.165) is 50.4 Å². The topological polar surface area (TPSA) is 66.0 Å². The summed E-state index contributed by atoms with van der Waals surface area (Å²) in [6.45, 7) is 8.31. The van der Waals surface area contributed by atoms with Crippen molar-refractivity contribution < 1.29 is 9.15 Å². The third-order valence-electron chi connectivity index (χ3n) is 5.90. The van der Waals surface area contributed by atoms with Crippen LogP contribution in [-0.2, 0) is 13.7 Å². The first-order chi connectivity index (χ1) is 15.9. The highest BCUT2D eigenvalue weighted by atomic mass is 16.5. The molecule has 3 heterocycles. The van der Waals surface area contributed by atoms with Gasteiger partial charge in [-0.15, -0.1) is 0 Å². The van der Waals surface area contributed by atoms with Gasteiger partial charge in [-0.3, -0.25) is 4.68 Å². The number of hydrogen-bond acceptors (Lipinski definition) is 5. The summed E-state index contributed by atoms with van der Waals surface area (Å²) in [5.74, 6) is 1.88. The molecule has 0 N–H and O–H groups in total. The van der Waals surface area contributed by atoms with Gasteiger partial charge in [-0.25, -0.2) is 4.98 Å². The lowest BCUT2D eigenvalue weighted by molar-refractivity contribution is 0.288. The third kappa shape index (κ3) is 3.89. The number of aromatic nitrogens is 4. The van der Waals surface area contributed by atoms with Gasteiger partial charge >= 0.3 is 0 Å². The molecule has 0 aliphatic rings. The maximum atomic E-state index is 6.14. The van der Waals surface area contributed by atoms with Gasteiger partial charge in [0, 0.05) is 18.7 Å². The molecule has 0 atom stereocenters. The van der Waals surface area contributed by atoms with Crippen LogP contribution in [0.2, 0.25) is 0 Å². The van der Waals surface area contributed by atoms with Gasteiger partial charge < -0.3 is 9.15 Å². The SMILES string of the molecule is Cc1ccc(C)c(-c2nc(COc3cc(-c4ccccc4)c4c(C)nn(C)c4n3)c(C)o2)c1. The van der Waals surface area contributed by atoms with Crippen LogP contribution in [0.3, 0.4) is 0 Å². The van der Waals surface area contributed by atoms with Crippen molar-refractivity contribution in [2.45, 2.75) is 34.3 Å². The lowest BCUT2D eigenvalue weighted by atomic mass is 10.0. The van der Waals surface area contributed by atoms with Gasteiger partial charge in [0.1, 0.15) is 18.1 Å². The normalized spacial score (nSPS) is 11.3. The Kier molecular flexibility index (Phi) is 5.21. The molecule has 6 nitrogen and oxygen atoms in total. The Morgan fingerprint density at radius 2 is 1.70 bits per heavy atom. The predicted molar refractivity (Wildman–Crippen MR) is 129 cm³/mol. The minimum Gasteiger partial charge on any atom is -0.471 e. The molecule has 0 spiro atoms. The molecule has 3 aromatic heterocycles. The average molecular weight is 439 g/mol. The summed E-state index contributed by atoms with van der Waals surface area (Å²) in [5.41, 5.74) is 7.93. The Hall–Kier alpha value is -3.93. The van der Waals surface area contributed by atoms with Gasteiger partial charge in [-0.1, -0.05) is 48.0 Å². The van der Waals surface area contributed by atoms with Gasteiger partial charge in [0.05, 0.1) is 11.1 Å². The molecular weight excluding hydrogens is 412 g/mol. The van der Waals surface area contributed by atoms with Crippen LogP contribution in [0, 0.1) is 27.7 Å². The molecule has 0 fully saturated rings. The van der Waals surface area contributed by atoms with Crippen LogP contribution in [-0.4, -0.2) is 19.7 Å². The summed E-state index contributed by atoms with van der Waals surface area (Å²) < 4.78 is 13.9. The van der Waals surface area contributed by atoms with E-state index in [-0.39, 0.29) is 6.61 Å². The van der Waals surface area contributed by atoms with Gasteiger partial charge in [0.2, 0.25) is 11.8 Å². The summed E-state index contributed by atoms with van der Waals surface area (Å²) in [6.07, 6.45) is 0. The molecule has 33 heavy (non-hydrogen) atoms. The van der Waals surface area contributed by atoms with E-state index in [4.69, 9.17) is 19.1 Å². The van der Waals surface area contributed by atoms with E-state index in [0.29, 0.717) is 11.8 Å². The zero-order chi connectivity index (χ0) is 23.1. The zero-order valence-corrected chi connectivity index (χ0v) is 19.5. The van der Waals surface area contributed by atoms with E-state index in [1.807, 2.05) is 45.2 Å². The van der Waals surface area contributed by atoms with Crippen LogP contribution in [0.1, 0.15) is 28.3 Å². The van der Waals surface area contributed by atoms with Gasteiger partial charge in [-0.05, 0) is 50.5 Å². The number of fused-ring (bicyclic) bond motifs is 1. The predicted octanol–water partition coefficient (Wildman–Crippen LogP) is 6.10. The number of ether oxygens (including phenoxy) is 1. The highest BCUT2D eigenvalue weighted by Crippen LogP contribution is 2.33. The van der Waals surface area contributed by atoms with Crippen LogP contribution < -0.4 is 4.74 Å². The highest BCUT2D eigenvalue weighted by molar-refractivity contribution is 5.95. The first-order valence-corrected chi connectivity index (χ1v) is 11.0. The summed E-state index contributed by atoms with van der Waals surface area (Å²) in [4.78, 5) is 9.46. The molecule has 0 unspecified atom stereocenters. The number of benzene rings is 2. The zero-order valence-electron chi connectivity index (χ0n) is 19.5. The van der Waals surface area contributed by atoms with Crippen molar-refractivity contribution in [3.8, 4) is 28.5 Å². The van der Waals surface area contributed by atoms with E-state index >= 15 is 0 Å². The molecule has 0 saturated heterocycles. The van der Waals surface area contributed by atoms with E-state index in [9.17, 15) is 0 Å². The molecule has 0 aliphatic carbocycles. The Labute approximate surface area is 192 Å². The van der Waals surface area contributed by atoms with Crippen molar-refractivity contribution in [3.05, 3.63) is 82.9 Å². The number of hydrogen-bond donors (Lipinski definition) is 0. The fourth-order valence-electron chi connectivity index (χ4n) is 4.13. The Bertz CT molecular complexity index is 1470. The van der Waals surface area contributed by atoms with E-state index in [2.05, 4.69) is 49.3 Å². The Balaban J connectivity index is 1.49. The molecule has 0 radical (unpaired) electrons. The largest absolute Gasteiger partial charge is 0.471 e. The van der Waals surface area contributed by atoms with Crippen molar-refractivity contribution in [3.63, 3.8) is 0 Å². The second-order valence-electron chi connectivity index (χ2n) is 8.41. The van der Waals surface area contributed by atoms with Crippen LogP contribution in [0.5, 0.6) is 5.88 Å². The standard InChI is InChI=1S/C27H26N4O2/c1-16-11-12-17(2)21(13-16)27-28-23(19(4)33-27)15-32-24-14-22(20-9-7-6-8-10-20)25-18(3)30-31(5)26(25)29-24/h6-14H,15H2,1-5H3. The van der Waals surface area contributed by atoms with Crippen molar-refractivity contribution in [2.75, 3.05) is 0 Å². The lowest BCUT2D eigenvalue weighted by Crippen LogP contribution is -2.01. The van der Waals surface area contributed by atoms with Crippen molar-refractivity contribution >= 4 is 11.0 Å². The number of nitrogens with zero attached hydrogens (tertiary/aromatic N) is 4. The molecule has 2 aromatic carbocycles. The number of aryl methyl sites for hydroxylation is 5. The second kappa shape index (κ2) is 8.20. The Morgan fingerprint density at radius 3 is 2.48 bits per heavy atom. The van der Waals surface area contributed by atoms with Crippen molar-refractivity contribution in [2.24, 2.45) is 7.05 Å². The van der Waals surface area contributed by atoms with E-state index < -0.39 is 0 Å². The van der Waals surface area contributed by atoms with E-state index in [1.54, 1.807) is 4.68 Å². The average Bonchev–Trinajstić information content (AvgIpc) is 3.32. The fourth-order valence-corrected chi connectivity index (χ4v) is 4.13. The summed E-state index contributed by atoms with van der Waals surface area (Å²) >= 11 is 0. The molecule has 0 aliphatic heterocycles. The van der Waals surface area contributed by atoms with Crippen LogP contribution in [0.15, 0.2) is 59.0 Å². The molecule has 0 bridgehead atoms. The summed E-state index contributed by atoms with van der Waals surface area (Å²) in [7, 11) is 1.90. The monoisotopic (exact) mass is 438 g/mol. The minimum absolute atomic E-state index is 0.268. The highest BCUT2D eigenvalue weighted by Gasteiger charge is 2.18. The molecule has 0 saturated carbocycles. The number of oxazole rings is 1. The minimum atomic E-state index is 0.268. The first-order valence-electron chi connectivity index (χ1n) is 11.0.